The number of benzene rings is 7. The van der Waals surface area contributed by atoms with Crippen LogP contribution >= 0.6 is 0 Å². The second-order valence-corrected chi connectivity index (χ2v) is 12.8. The fourth-order valence-corrected chi connectivity index (χ4v) is 7.80. The first-order valence-electron chi connectivity index (χ1n) is 17.1. The lowest BCUT2D eigenvalue weighted by molar-refractivity contribution is 0.981. The van der Waals surface area contributed by atoms with Crippen LogP contribution in [0.1, 0.15) is 0 Å². The molecular weight excluding hydrogens is 607 g/mol. The number of para-hydroxylation sites is 2. The van der Waals surface area contributed by atoms with Crippen LogP contribution in [0.15, 0.2) is 188 Å². The fraction of sp³-hybridized carbons (Fsp3) is 0. The molecule has 0 saturated carbocycles. The lowest BCUT2D eigenvalue weighted by Crippen LogP contribution is -2.01. The van der Waals surface area contributed by atoms with E-state index in [1.807, 2.05) is 0 Å². The Kier molecular flexibility index (Phi) is 6.49. The van der Waals surface area contributed by atoms with Crippen molar-refractivity contribution in [3.05, 3.63) is 188 Å². The van der Waals surface area contributed by atoms with E-state index in [1.54, 1.807) is 0 Å². The van der Waals surface area contributed by atoms with Gasteiger partial charge in [-0.15, -0.1) is 0 Å². The molecule has 0 fully saturated rings. The minimum atomic E-state index is 0.968. The molecule has 234 valence electrons. The molecule has 0 aliphatic rings. The van der Waals surface area contributed by atoms with Gasteiger partial charge in [0, 0.05) is 44.1 Å². The van der Waals surface area contributed by atoms with Gasteiger partial charge in [0.15, 0.2) is 0 Å². The molecule has 3 heteroatoms. The Bertz CT molecular complexity index is 2790. The van der Waals surface area contributed by atoms with Crippen molar-refractivity contribution >= 4 is 38.1 Å². The topological polar surface area (TPSA) is 22.2 Å². The van der Waals surface area contributed by atoms with E-state index in [9.17, 15) is 0 Å². The molecule has 3 heterocycles. The molecule has 50 heavy (non-hydrogen) atoms. The Labute approximate surface area is 289 Å². The number of aromatic nitrogens is 3. The van der Waals surface area contributed by atoms with Crippen molar-refractivity contribution in [2.45, 2.75) is 0 Å². The number of hydrogen-bond acceptors (Lipinski definition) is 1. The number of rotatable bonds is 5. The molecule has 7 aromatic carbocycles. The summed E-state index contributed by atoms with van der Waals surface area (Å²) in [7, 11) is 0. The molecule has 0 radical (unpaired) electrons. The van der Waals surface area contributed by atoms with E-state index < -0.39 is 0 Å². The summed E-state index contributed by atoms with van der Waals surface area (Å²) in [4.78, 5) is 0. The van der Waals surface area contributed by atoms with Gasteiger partial charge in [-0.3, -0.25) is 0 Å². The van der Waals surface area contributed by atoms with Gasteiger partial charge in [0.2, 0.25) is 0 Å². The second-order valence-electron chi connectivity index (χ2n) is 12.8. The first kappa shape index (κ1) is 28.3. The van der Waals surface area contributed by atoms with E-state index in [4.69, 9.17) is 5.10 Å². The maximum Gasteiger partial charge on any atom is 0.101 e. The number of hydrogen-bond donors (Lipinski definition) is 0. The van der Waals surface area contributed by atoms with Crippen LogP contribution in [-0.2, 0) is 0 Å². The lowest BCUT2D eigenvalue weighted by Gasteiger charge is -2.18. The fourth-order valence-electron chi connectivity index (χ4n) is 7.80. The van der Waals surface area contributed by atoms with Crippen molar-refractivity contribution in [2.75, 3.05) is 0 Å². The van der Waals surface area contributed by atoms with Crippen LogP contribution in [-0.4, -0.2) is 14.2 Å². The van der Waals surface area contributed by atoms with Crippen molar-refractivity contribution in [3.63, 3.8) is 0 Å². The van der Waals surface area contributed by atoms with Gasteiger partial charge in [-0.25, -0.2) is 4.52 Å². The zero-order chi connectivity index (χ0) is 33.0. The quantitative estimate of drug-likeness (QED) is 0.184. The third kappa shape index (κ3) is 4.34. The summed E-state index contributed by atoms with van der Waals surface area (Å²) in [5.41, 5.74) is 13.4. The normalized spacial score (nSPS) is 11.6. The molecule has 10 aromatic rings. The Morgan fingerprint density at radius 2 is 0.860 bits per heavy atom. The van der Waals surface area contributed by atoms with E-state index >= 15 is 0 Å². The summed E-state index contributed by atoms with van der Waals surface area (Å²) in [5.74, 6) is 0. The maximum absolute atomic E-state index is 5.54. The Hall–Kier alpha value is -6.71. The van der Waals surface area contributed by atoms with Crippen LogP contribution in [0.2, 0.25) is 0 Å². The van der Waals surface area contributed by atoms with Crippen LogP contribution in [0.25, 0.3) is 88.6 Å². The molecule has 0 bridgehead atoms. The van der Waals surface area contributed by atoms with E-state index in [0.29, 0.717) is 0 Å². The molecular formula is C47H31N3. The molecule has 0 N–H and O–H groups in total. The molecule has 3 nitrogen and oxygen atoms in total. The number of nitrogens with zero attached hydrogens (tertiary/aromatic N) is 3. The van der Waals surface area contributed by atoms with Gasteiger partial charge in [-0.05, 0) is 40.8 Å². The molecule has 0 saturated heterocycles. The molecule has 0 spiro atoms. The smallest absolute Gasteiger partial charge is 0.101 e. The number of pyridine rings is 1. The zero-order valence-corrected chi connectivity index (χ0v) is 27.2. The van der Waals surface area contributed by atoms with Crippen LogP contribution in [0, 0.1) is 0 Å². The van der Waals surface area contributed by atoms with Gasteiger partial charge in [0.05, 0.1) is 22.2 Å². The van der Waals surface area contributed by atoms with Crippen molar-refractivity contribution in [3.8, 4) is 50.5 Å². The van der Waals surface area contributed by atoms with Gasteiger partial charge in [-0.1, -0.05) is 164 Å². The average Bonchev–Trinajstić information content (AvgIpc) is 3.76. The minimum Gasteiger partial charge on any atom is -0.309 e. The van der Waals surface area contributed by atoms with Gasteiger partial charge < -0.3 is 4.57 Å². The summed E-state index contributed by atoms with van der Waals surface area (Å²) in [5, 5.41) is 10.4. The predicted octanol–water partition coefficient (Wildman–Crippen LogP) is 12.3. The second kappa shape index (κ2) is 11.5. The average molecular weight is 638 g/mol. The third-order valence-electron chi connectivity index (χ3n) is 9.92. The third-order valence-corrected chi connectivity index (χ3v) is 9.92. The maximum atomic E-state index is 5.54. The van der Waals surface area contributed by atoms with Crippen molar-refractivity contribution < 1.29 is 0 Å². The molecule has 3 aromatic heterocycles. The summed E-state index contributed by atoms with van der Waals surface area (Å²) in [6.45, 7) is 0. The number of fused-ring (bicyclic) bond motifs is 6. The highest BCUT2D eigenvalue weighted by Crippen LogP contribution is 2.46. The first-order chi connectivity index (χ1) is 24.8. The van der Waals surface area contributed by atoms with Crippen molar-refractivity contribution in [1.29, 1.82) is 0 Å². The van der Waals surface area contributed by atoms with E-state index in [2.05, 4.69) is 197 Å². The summed E-state index contributed by atoms with van der Waals surface area (Å²) >= 11 is 0. The molecule has 0 aliphatic heterocycles. The Morgan fingerprint density at radius 1 is 0.360 bits per heavy atom. The first-order valence-corrected chi connectivity index (χ1v) is 17.1. The van der Waals surface area contributed by atoms with E-state index in [-0.39, 0.29) is 0 Å². The van der Waals surface area contributed by atoms with Gasteiger partial charge in [0.25, 0.3) is 0 Å². The predicted molar refractivity (Wildman–Crippen MR) is 209 cm³/mol. The Morgan fingerprint density at radius 3 is 1.50 bits per heavy atom. The molecule has 0 aliphatic carbocycles. The van der Waals surface area contributed by atoms with Crippen LogP contribution in [0.3, 0.4) is 0 Å². The van der Waals surface area contributed by atoms with Crippen molar-refractivity contribution in [1.82, 2.24) is 14.2 Å². The van der Waals surface area contributed by atoms with E-state index in [1.165, 1.54) is 27.2 Å². The molecule has 0 atom stereocenters. The summed E-state index contributed by atoms with van der Waals surface area (Å²) in [6, 6.07) is 67.2. The highest BCUT2D eigenvalue weighted by Gasteiger charge is 2.25. The summed E-state index contributed by atoms with van der Waals surface area (Å²) < 4.78 is 4.61. The minimum absolute atomic E-state index is 0.968. The Balaban J connectivity index is 1.35. The van der Waals surface area contributed by atoms with Crippen LogP contribution in [0.4, 0.5) is 0 Å². The highest BCUT2D eigenvalue weighted by atomic mass is 15.2. The zero-order valence-electron chi connectivity index (χ0n) is 27.2. The SMILES string of the molecule is c1ccc(-c2nn3c(-c4ccccc4)c(-c4cccc(-n5c6ccccc6c6ccccc65)c4)c4ccccc4c3c2-c2ccccc2)cc1. The lowest BCUT2D eigenvalue weighted by atomic mass is 9.91. The monoisotopic (exact) mass is 637 g/mol. The largest absolute Gasteiger partial charge is 0.309 e. The molecule has 0 unspecified atom stereocenters. The van der Waals surface area contributed by atoms with Crippen LogP contribution in [0.5, 0.6) is 0 Å². The van der Waals surface area contributed by atoms with E-state index in [0.717, 1.165) is 61.4 Å². The van der Waals surface area contributed by atoms with Crippen LogP contribution < -0.4 is 0 Å². The van der Waals surface area contributed by atoms with Crippen molar-refractivity contribution in [2.24, 2.45) is 0 Å². The highest BCUT2D eigenvalue weighted by molar-refractivity contribution is 6.15. The van der Waals surface area contributed by atoms with Gasteiger partial charge in [-0.2, -0.15) is 5.10 Å². The van der Waals surface area contributed by atoms with Gasteiger partial charge >= 0.3 is 0 Å². The summed E-state index contributed by atoms with van der Waals surface area (Å²) in [6.07, 6.45) is 0. The van der Waals surface area contributed by atoms with Gasteiger partial charge in [0.1, 0.15) is 5.69 Å². The standard InChI is InChI=1S/C47H31N3/c1-4-17-32(18-5-1)44-45(33-19-6-2-7-20-33)48-50-46(34-21-8-3-9-22-34)43(39-27-10-11-28-40(39)47(44)50)35-23-16-24-36(31-35)49-41-29-14-12-25-37(41)38-26-13-15-30-42(38)49/h1-31H. The molecule has 10 rings (SSSR count). The molecule has 0 amide bonds.